The second kappa shape index (κ2) is 2.52. The third kappa shape index (κ3) is 5.36. The van der Waals surface area contributed by atoms with Crippen LogP contribution in [0.15, 0.2) is 4.99 Å². The average Bonchev–Trinajstić information content (AvgIpc) is 1.27. The molecule has 40 valence electrons. The minimum Gasteiger partial charge on any atom is -0.387 e. The Balaban J connectivity index is 3.68. The van der Waals surface area contributed by atoms with Gasteiger partial charge in [-0.3, -0.25) is 0 Å². The van der Waals surface area contributed by atoms with Crippen LogP contribution in [-0.4, -0.2) is 10.9 Å². The smallest absolute Gasteiger partial charge is 0.191 e. The van der Waals surface area contributed by atoms with Gasteiger partial charge in [0.25, 0.3) is 0 Å². The van der Waals surface area contributed by atoms with Crippen molar-refractivity contribution in [2.45, 2.75) is 6.92 Å². The molecule has 0 heterocycles. The molecule has 0 saturated heterocycles. The van der Waals surface area contributed by atoms with Gasteiger partial charge in [0.05, 0.1) is 5.84 Å². The van der Waals surface area contributed by atoms with Crippen molar-refractivity contribution < 1.29 is 0 Å². The lowest BCUT2D eigenvalue weighted by molar-refractivity contribution is 1.51. The Bertz CT molecular complexity index is 103. The first-order valence-electron chi connectivity index (χ1n) is 1.73. The summed E-state index contributed by atoms with van der Waals surface area (Å²) in [7, 11) is 0. The van der Waals surface area contributed by atoms with Crippen LogP contribution in [0, 0.1) is 0 Å². The Morgan fingerprint density at radius 2 is 2.00 bits per heavy atom. The molecule has 0 aliphatic heterocycles. The maximum atomic E-state index is 5.08. The highest BCUT2D eigenvalue weighted by molar-refractivity contribution is 7.80. The monoisotopic (exact) mass is 117 g/mol. The van der Waals surface area contributed by atoms with Crippen molar-refractivity contribution in [3.63, 3.8) is 0 Å². The van der Waals surface area contributed by atoms with Crippen LogP contribution in [0.1, 0.15) is 6.92 Å². The molecule has 4 N–H and O–H groups in total. The molecule has 0 fully saturated rings. The van der Waals surface area contributed by atoms with Crippen LogP contribution in [0.4, 0.5) is 0 Å². The summed E-state index contributed by atoms with van der Waals surface area (Å²) in [6.07, 6.45) is 0. The molecule has 0 aromatic rings. The van der Waals surface area contributed by atoms with Gasteiger partial charge in [0.15, 0.2) is 5.11 Å². The number of hydrogen-bond acceptors (Lipinski definition) is 1. The normalized spacial score (nSPS) is 11.3. The van der Waals surface area contributed by atoms with E-state index in [2.05, 4.69) is 17.2 Å². The van der Waals surface area contributed by atoms with Crippen LogP contribution < -0.4 is 11.5 Å². The van der Waals surface area contributed by atoms with Crippen molar-refractivity contribution in [1.29, 1.82) is 0 Å². The van der Waals surface area contributed by atoms with Gasteiger partial charge >= 0.3 is 0 Å². The van der Waals surface area contributed by atoms with E-state index in [1.54, 1.807) is 6.92 Å². The van der Waals surface area contributed by atoms with Crippen LogP contribution in [0.25, 0.3) is 0 Å². The zero-order valence-electron chi connectivity index (χ0n) is 4.01. The zero-order valence-corrected chi connectivity index (χ0v) is 4.83. The van der Waals surface area contributed by atoms with Crippen LogP contribution >= 0.6 is 12.2 Å². The maximum absolute atomic E-state index is 5.08. The number of nitrogens with zero attached hydrogens (tertiary/aromatic N) is 1. The minimum atomic E-state index is 0.0833. The Kier molecular flexibility index (Phi) is 2.29. The molecule has 0 saturated carbocycles. The minimum absolute atomic E-state index is 0.0833. The highest BCUT2D eigenvalue weighted by Gasteiger charge is 1.77. The number of aliphatic imine (C=N–C) groups is 1. The highest BCUT2D eigenvalue weighted by Crippen LogP contribution is 1.67. The van der Waals surface area contributed by atoms with E-state index in [9.17, 15) is 0 Å². The van der Waals surface area contributed by atoms with Gasteiger partial charge in [-0.05, 0) is 19.1 Å². The van der Waals surface area contributed by atoms with E-state index in [0.717, 1.165) is 0 Å². The third-order valence-corrected chi connectivity index (χ3v) is 0.378. The molecular weight excluding hydrogens is 110 g/mol. The van der Waals surface area contributed by atoms with Crippen molar-refractivity contribution in [3.05, 3.63) is 0 Å². The third-order valence-electron chi connectivity index (χ3n) is 0.287. The lowest BCUT2D eigenvalue weighted by atomic mass is 10.7. The molecule has 0 amide bonds. The summed E-state index contributed by atoms with van der Waals surface area (Å²) in [5.41, 5.74) is 10.0. The van der Waals surface area contributed by atoms with Gasteiger partial charge in [-0.1, -0.05) is 0 Å². The predicted octanol–water partition coefficient (Wildman–Crippen LogP) is -0.393. The van der Waals surface area contributed by atoms with Crippen molar-refractivity contribution in [1.82, 2.24) is 0 Å². The summed E-state index contributed by atoms with van der Waals surface area (Å²) in [6, 6.07) is 0. The van der Waals surface area contributed by atoms with Gasteiger partial charge in [-0.15, -0.1) is 0 Å². The van der Waals surface area contributed by atoms with E-state index in [-0.39, 0.29) is 5.11 Å². The summed E-state index contributed by atoms with van der Waals surface area (Å²) in [4.78, 5) is 3.48. The molecule has 0 aromatic heterocycles. The Labute approximate surface area is 47.4 Å². The molecule has 0 aromatic carbocycles. The number of rotatable bonds is 0. The second-order valence-electron chi connectivity index (χ2n) is 1.09. The molecule has 0 unspecified atom stereocenters. The highest BCUT2D eigenvalue weighted by atomic mass is 32.1. The molecule has 0 radical (unpaired) electrons. The summed E-state index contributed by atoms with van der Waals surface area (Å²) in [6.45, 7) is 1.62. The summed E-state index contributed by atoms with van der Waals surface area (Å²) < 4.78 is 0. The van der Waals surface area contributed by atoms with Crippen LogP contribution in [0.2, 0.25) is 0 Å². The first-order valence-corrected chi connectivity index (χ1v) is 2.14. The molecule has 0 aliphatic rings. The van der Waals surface area contributed by atoms with E-state index in [1.807, 2.05) is 0 Å². The largest absolute Gasteiger partial charge is 0.387 e. The predicted molar refractivity (Wildman–Crippen MR) is 34.1 cm³/mol. The number of amidine groups is 1. The zero-order chi connectivity index (χ0) is 5.86. The van der Waals surface area contributed by atoms with E-state index < -0.39 is 0 Å². The molecule has 0 rings (SSSR count). The summed E-state index contributed by atoms with van der Waals surface area (Å²) >= 11 is 4.38. The molecule has 7 heavy (non-hydrogen) atoms. The molecule has 4 heteroatoms. The standard InChI is InChI=1S/C3H7N3S/c1-2(4)6-3(5)7/h1H3,(H4,4,5,6,7). The molecule has 0 aliphatic carbocycles. The quantitative estimate of drug-likeness (QED) is 0.258. The van der Waals surface area contributed by atoms with Gasteiger partial charge in [-0.25, -0.2) is 4.99 Å². The van der Waals surface area contributed by atoms with Crippen molar-refractivity contribution in [3.8, 4) is 0 Å². The molecule has 0 atom stereocenters. The van der Waals surface area contributed by atoms with Crippen molar-refractivity contribution >= 4 is 23.2 Å². The summed E-state index contributed by atoms with van der Waals surface area (Å²) in [5, 5.41) is 0.0833. The number of hydrogen-bond donors (Lipinski definition) is 2. The lowest BCUT2D eigenvalue weighted by Crippen LogP contribution is -2.12. The van der Waals surface area contributed by atoms with Gasteiger partial charge in [0.2, 0.25) is 0 Å². The number of thiocarbonyl (C=S) groups is 1. The fraction of sp³-hybridized carbons (Fsp3) is 0.333. The van der Waals surface area contributed by atoms with Gasteiger partial charge in [0, 0.05) is 0 Å². The lowest BCUT2D eigenvalue weighted by Gasteiger charge is -1.84. The Morgan fingerprint density at radius 1 is 1.57 bits per heavy atom. The maximum Gasteiger partial charge on any atom is 0.191 e. The van der Waals surface area contributed by atoms with Gasteiger partial charge < -0.3 is 11.5 Å². The van der Waals surface area contributed by atoms with Crippen LogP contribution in [-0.2, 0) is 0 Å². The van der Waals surface area contributed by atoms with E-state index in [4.69, 9.17) is 11.5 Å². The molecule has 0 spiro atoms. The van der Waals surface area contributed by atoms with Crippen LogP contribution in [0.3, 0.4) is 0 Å². The molecular formula is C3H7N3S. The van der Waals surface area contributed by atoms with Crippen LogP contribution in [0.5, 0.6) is 0 Å². The van der Waals surface area contributed by atoms with Gasteiger partial charge in [0.1, 0.15) is 0 Å². The van der Waals surface area contributed by atoms with Gasteiger partial charge in [-0.2, -0.15) is 0 Å². The summed E-state index contributed by atoms with van der Waals surface area (Å²) in [5.74, 6) is 0.396. The van der Waals surface area contributed by atoms with E-state index in [0.29, 0.717) is 5.84 Å². The first-order chi connectivity index (χ1) is 3.13. The van der Waals surface area contributed by atoms with E-state index >= 15 is 0 Å². The molecule has 0 bridgehead atoms. The van der Waals surface area contributed by atoms with Crippen molar-refractivity contribution in [2.24, 2.45) is 16.5 Å². The molecule has 3 nitrogen and oxygen atoms in total. The van der Waals surface area contributed by atoms with Crippen molar-refractivity contribution in [2.75, 3.05) is 0 Å². The Morgan fingerprint density at radius 3 is 2.00 bits per heavy atom. The average molecular weight is 117 g/mol. The Hall–Kier alpha value is -0.640. The van der Waals surface area contributed by atoms with E-state index in [1.165, 1.54) is 0 Å². The fourth-order valence-corrected chi connectivity index (χ4v) is 0.318. The second-order valence-corrected chi connectivity index (χ2v) is 1.51. The fourth-order valence-electron chi connectivity index (χ4n) is 0.174. The first kappa shape index (κ1) is 6.36. The number of nitrogens with two attached hydrogens (primary N) is 2. The SMILES string of the molecule is C/C(N)=N/C(N)=S. The topological polar surface area (TPSA) is 64.4 Å².